The first-order valence-electron chi connectivity index (χ1n) is 8.36. The van der Waals surface area contributed by atoms with Crippen molar-refractivity contribution in [3.05, 3.63) is 82.2 Å². The van der Waals surface area contributed by atoms with E-state index in [9.17, 15) is 18.9 Å². The Kier molecular flexibility index (Phi) is 4.77. The lowest BCUT2D eigenvalue weighted by molar-refractivity contribution is -0.711. The van der Waals surface area contributed by atoms with Crippen molar-refractivity contribution in [1.29, 1.82) is 0 Å². The third-order valence-electron chi connectivity index (χ3n) is 4.19. The van der Waals surface area contributed by atoms with Crippen molar-refractivity contribution in [3.63, 3.8) is 0 Å². The molecule has 0 spiro atoms. The number of hydrogen-bond donors (Lipinski definition) is 1. The van der Waals surface area contributed by atoms with Gasteiger partial charge in [-0.05, 0) is 29.8 Å². The topological polar surface area (TPSA) is 104 Å². The van der Waals surface area contributed by atoms with Gasteiger partial charge in [0, 0.05) is 11.3 Å². The van der Waals surface area contributed by atoms with E-state index in [4.69, 9.17) is 0 Å². The zero-order chi connectivity index (χ0) is 20.4. The normalized spacial score (nSPS) is 15.3. The second kappa shape index (κ2) is 7.54. The molecule has 29 heavy (non-hydrogen) atoms. The predicted molar refractivity (Wildman–Crippen MR) is 96.9 cm³/mol. The highest BCUT2D eigenvalue weighted by molar-refractivity contribution is 5.77. The molecule has 3 aromatic rings. The van der Waals surface area contributed by atoms with Crippen molar-refractivity contribution in [2.24, 2.45) is 0 Å². The van der Waals surface area contributed by atoms with Gasteiger partial charge in [0.05, 0.1) is 0 Å². The molecule has 0 bridgehead atoms. The highest BCUT2D eigenvalue weighted by Crippen LogP contribution is 2.36. The molecule has 0 saturated carbocycles. The fraction of sp³-hybridized carbons (Fsp3) is 0.111. The number of hydrogen-bond acceptors (Lipinski definition) is 7. The van der Waals surface area contributed by atoms with Crippen LogP contribution in [-0.4, -0.2) is 26.5 Å². The van der Waals surface area contributed by atoms with Gasteiger partial charge in [-0.2, -0.15) is 18.9 Å². The van der Waals surface area contributed by atoms with Gasteiger partial charge in [0.15, 0.2) is 0 Å². The minimum absolute atomic E-state index is 0.0110. The van der Waals surface area contributed by atoms with Gasteiger partial charge in [-0.3, -0.25) is 4.84 Å². The first kappa shape index (κ1) is 18.3. The van der Waals surface area contributed by atoms with E-state index in [0.29, 0.717) is 22.8 Å². The fourth-order valence-corrected chi connectivity index (χ4v) is 3.06. The van der Waals surface area contributed by atoms with E-state index < -0.39 is 17.7 Å². The number of para-hydroxylation sites is 1. The highest BCUT2D eigenvalue weighted by atomic mass is 19.3. The lowest BCUT2D eigenvalue weighted by atomic mass is 10.0. The van der Waals surface area contributed by atoms with Crippen molar-refractivity contribution in [1.82, 2.24) is 14.8 Å². The smallest absolute Gasteiger partial charge is 0.387 e. The van der Waals surface area contributed by atoms with Crippen LogP contribution in [0.3, 0.4) is 0 Å². The zero-order valence-electron chi connectivity index (χ0n) is 14.6. The summed E-state index contributed by atoms with van der Waals surface area (Å²) in [4.78, 5) is 19.3. The Morgan fingerprint density at radius 2 is 2.03 bits per heavy atom. The summed E-state index contributed by atoms with van der Waals surface area (Å²) in [6, 6.07) is 12.0. The molecule has 0 aliphatic carbocycles. The van der Waals surface area contributed by atoms with Crippen LogP contribution in [0.4, 0.5) is 14.7 Å². The number of rotatable bonds is 6. The quantitative estimate of drug-likeness (QED) is 0.498. The van der Waals surface area contributed by atoms with Crippen molar-refractivity contribution >= 4 is 11.6 Å². The number of anilines is 1. The lowest BCUT2D eigenvalue weighted by Crippen LogP contribution is -2.21. The van der Waals surface area contributed by atoms with Crippen LogP contribution in [0.5, 0.6) is 11.5 Å². The third kappa shape index (κ3) is 3.83. The van der Waals surface area contributed by atoms with Gasteiger partial charge in [-0.15, -0.1) is 10.1 Å². The summed E-state index contributed by atoms with van der Waals surface area (Å²) < 4.78 is 31.9. The Hall–Kier alpha value is -4.02. The molecular weight excluding hydrogens is 388 g/mol. The van der Waals surface area contributed by atoms with Crippen LogP contribution in [0.1, 0.15) is 17.2 Å². The SMILES string of the molecule is O=[N+]([O-])Oc1cccc(C2=C[C@@H](c3ccccc3OC(F)F)n3ncnc3N2)c1. The number of nitrogens with one attached hydrogen (secondary N) is 1. The molecule has 0 fully saturated rings. The number of benzene rings is 2. The number of aromatic nitrogens is 3. The van der Waals surface area contributed by atoms with Crippen molar-refractivity contribution in [2.75, 3.05) is 5.32 Å². The van der Waals surface area contributed by atoms with Crippen LogP contribution in [0.2, 0.25) is 0 Å². The van der Waals surface area contributed by atoms with Crippen LogP contribution in [-0.2, 0) is 0 Å². The monoisotopic (exact) mass is 401 g/mol. The Morgan fingerprint density at radius 1 is 1.21 bits per heavy atom. The highest BCUT2D eigenvalue weighted by Gasteiger charge is 2.26. The molecule has 1 atom stereocenters. The maximum atomic E-state index is 12.8. The molecular formula is C18H13F2N5O4. The average Bonchev–Trinajstić information content (AvgIpc) is 3.16. The van der Waals surface area contributed by atoms with Gasteiger partial charge >= 0.3 is 6.61 Å². The summed E-state index contributed by atoms with van der Waals surface area (Å²) in [6.45, 7) is -2.98. The number of halogens is 2. The first-order chi connectivity index (χ1) is 14.0. The van der Waals surface area contributed by atoms with Crippen molar-refractivity contribution in [3.8, 4) is 11.5 Å². The number of ether oxygens (including phenoxy) is 1. The Bertz CT molecular complexity index is 1090. The van der Waals surface area contributed by atoms with Crippen molar-refractivity contribution < 1.29 is 23.4 Å². The average molecular weight is 401 g/mol. The van der Waals surface area contributed by atoms with Crippen molar-refractivity contribution in [2.45, 2.75) is 12.7 Å². The second-order valence-electron chi connectivity index (χ2n) is 5.94. The summed E-state index contributed by atoms with van der Waals surface area (Å²) in [7, 11) is 0. The van der Waals surface area contributed by atoms with E-state index in [1.165, 1.54) is 29.2 Å². The van der Waals surface area contributed by atoms with E-state index in [-0.39, 0.29) is 11.5 Å². The van der Waals surface area contributed by atoms with Crippen LogP contribution >= 0.6 is 0 Å². The summed E-state index contributed by atoms with van der Waals surface area (Å²) in [5.74, 6) is 0.428. The minimum atomic E-state index is -2.98. The van der Waals surface area contributed by atoms with E-state index >= 15 is 0 Å². The Balaban J connectivity index is 1.77. The van der Waals surface area contributed by atoms with Gasteiger partial charge in [-0.1, -0.05) is 30.3 Å². The summed E-state index contributed by atoms with van der Waals surface area (Å²) in [5.41, 5.74) is 1.59. The molecule has 0 amide bonds. The Labute approximate surface area is 162 Å². The fourth-order valence-electron chi connectivity index (χ4n) is 3.06. The molecule has 1 aromatic heterocycles. The third-order valence-corrected chi connectivity index (χ3v) is 4.19. The van der Waals surface area contributed by atoms with Gasteiger partial charge in [-0.25, -0.2) is 4.68 Å². The summed E-state index contributed by atoms with van der Waals surface area (Å²) >= 11 is 0. The second-order valence-corrected chi connectivity index (χ2v) is 5.94. The number of allylic oxidation sites excluding steroid dienone is 1. The maximum absolute atomic E-state index is 12.8. The van der Waals surface area contributed by atoms with E-state index in [1.807, 2.05) is 0 Å². The van der Waals surface area contributed by atoms with Crippen LogP contribution in [0.25, 0.3) is 5.70 Å². The molecule has 0 radical (unpaired) electrons. The summed E-state index contributed by atoms with van der Waals surface area (Å²) in [5, 5.41) is 16.9. The Morgan fingerprint density at radius 3 is 2.83 bits per heavy atom. The lowest BCUT2D eigenvalue weighted by Gasteiger charge is -2.25. The predicted octanol–water partition coefficient (Wildman–Crippen LogP) is 3.51. The van der Waals surface area contributed by atoms with Gasteiger partial charge in [0.1, 0.15) is 23.9 Å². The minimum Gasteiger partial charge on any atom is -0.434 e. The largest absolute Gasteiger partial charge is 0.434 e. The number of alkyl halides is 2. The molecule has 11 heteroatoms. The molecule has 1 aliphatic rings. The number of nitrogens with zero attached hydrogens (tertiary/aromatic N) is 4. The van der Waals surface area contributed by atoms with Gasteiger partial charge in [0.2, 0.25) is 5.95 Å². The van der Waals surface area contributed by atoms with E-state index in [2.05, 4.69) is 25.0 Å². The van der Waals surface area contributed by atoms with Gasteiger partial charge < -0.3 is 10.1 Å². The summed E-state index contributed by atoms with van der Waals surface area (Å²) in [6.07, 6.45) is 3.07. The van der Waals surface area contributed by atoms with E-state index in [0.717, 1.165) is 0 Å². The number of fused-ring (bicyclic) bond motifs is 1. The molecule has 1 N–H and O–H groups in total. The molecule has 0 unspecified atom stereocenters. The molecule has 1 aliphatic heterocycles. The molecule has 2 heterocycles. The first-order valence-corrected chi connectivity index (χ1v) is 8.36. The molecule has 2 aromatic carbocycles. The van der Waals surface area contributed by atoms with Crippen LogP contribution < -0.4 is 14.9 Å². The van der Waals surface area contributed by atoms with E-state index in [1.54, 1.807) is 36.4 Å². The molecule has 9 nitrogen and oxygen atoms in total. The van der Waals surface area contributed by atoms with Crippen LogP contribution in [0.15, 0.2) is 60.9 Å². The van der Waals surface area contributed by atoms with Crippen LogP contribution in [0, 0.1) is 10.1 Å². The van der Waals surface area contributed by atoms with Gasteiger partial charge in [0.25, 0.3) is 5.09 Å². The molecule has 148 valence electrons. The zero-order valence-corrected chi connectivity index (χ0v) is 14.6. The molecule has 0 saturated heterocycles. The standard InChI is InChI=1S/C18H13F2N5O4/c19-17(20)28-16-7-2-1-6-13(16)15-9-14(23-18-21-10-22-24(15)18)11-4-3-5-12(8-11)29-25(26)27/h1-10,15,17H,(H,21,22,23)/t15-/m0/s1. The maximum Gasteiger partial charge on any atom is 0.387 e. The molecule has 4 rings (SSSR count).